The number of nitrogens with one attached hydrogen (secondary N) is 1. The fourth-order valence-corrected chi connectivity index (χ4v) is 4.47. The van der Waals surface area contributed by atoms with Crippen LogP contribution in [0.4, 0.5) is 0 Å². The summed E-state index contributed by atoms with van der Waals surface area (Å²) >= 11 is 1.42. The second kappa shape index (κ2) is 10.9. The predicted octanol–water partition coefficient (Wildman–Crippen LogP) is 6.56. The van der Waals surface area contributed by atoms with E-state index in [0.29, 0.717) is 11.6 Å². The SMILES string of the molecule is CC[C@@H](Sc1nc(-c2ccccc2)cc(-c2ccccc2)n1)C(=O)N[C@@H](C)c1ccccc1. The van der Waals surface area contributed by atoms with Crippen molar-refractivity contribution in [2.45, 2.75) is 36.7 Å². The van der Waals surface area contributed by atoms with Crippen LogP contribution < -0.4 is 5.32 Å². The van der Waals surface area contributed by atoms with Crippen molar-refractivity contribution in [2.75, 3.05) is 0 Å². The predicted molar refractivity (Wildman–Crippen MR) is 136 cm³/mol. The molecule has 0 aliphatic carbocycles. The van der Waals surface area contributed by atoms with Crippen LogP contribution in [0.5, 0.6) is 0 Å². The van der Waals surface area contributed by atoms with Crippen molar-refractivity contribution in [1.82, 2.24) is 15.3 Å². The van der Waals surface area contributed by atoms with Crippen LogP contribution in [-0.2, 0) is 4.79 Å². The van der Waals surface area contributed by atoms with Gasteiger partial charge in [-0.1, -0.05) is 110 Å². The molecule has 0 spiro atoms. The molecule has 33 heavy (non-hydrogen) atoms. The Morgan fingerprint density at radius 1 is 0.818 bits per heavy atom. The molecule has 0 bridgehead atoms. The van der Waals surface area contributed by atoms with E-state index in [1.54, 1.807) is 0 Å². The van der Waals surface area contributed by atoms with Crippen LogP contribution in [0, 0.1) is 0 Å². The molecular formula is C28H27N3OS. The van der Waals surface area contributed by atoms with E-state index in [0.717, 1.165) is 28.1 Å². The smallest absolute Gasteiger partial charge is 0.234 e. The highest BCUT2D eigenvalue weighted by atomic mass is 32.2. The molecule has 1 N–H and O–H groups in total. The van der Waals surface area contributed by atoms with E-state index in [1.165, 1.54) is 11.8 Å². The van der Waals surface area contributed by atoms with Gasteiger partial charge in [-0.2, -0.15) is 0 Å². The third kappa shape index (κ3) is 5.88. The quantitative estimate of drug-likeness (QED) is 0.242. The first-order valence-corrected chi connectivity index (χ1v) is 12.0. The monoisotopic (exact) mass is 453 g/mol. The average molecular weight is 454 g/mol. The van der Waals surface area contributed by atoms with Gasteiger partial charge in [-0.3, -0.25) is 4.79 Å². The maximum absolute atomic E-state index is 13.1. The summed E-state index contributed by atoms with van der Waals surface area (Å²) in [4.78, 5) is 22.7. The summed E-state index contributed by atoms with van der Waals surface area (Å²) in [5.41, 5.74) is 4.82. The van der Waals surface area contributed by atoms with E-state index in [1.807, 2.05) is 111 Å². The summed E-state index contributed by atoms with van der Waals surface area (Å²) in [6, 6.07) is 32.1. The molecule has 4 aromatic rings. The molecule has 0 saturated carbocycles. The molecule has 0 aliphatic rings. The molecule has 1 heterocycles. The maximum Gasteiger partial charge on any atom is 0.234 e. The molecule has 0 aliphatic heterocycles. The summed E-state index contributed by atoms with van der Waals surface area (Å²) in [5, 5.41) is 3.46. The van der Waals surface area contributed by atoms with Gasteiger partial charge in [0.15, 0.2) is 5.16 Å². The highest BCUT2D eigenvalue weighted by molar-refractivity contribution is 8.00. The standard InChI is InChI=1S/C28H27N3OS/c1-3-26(27(32)29-20(2)21-13-7-4-8-14-21)33-28-30-24(22-15-9-5-10-16-22)19-25(31-28)23-17-11-6-12-18-23/h4-20,26H,3H2,1-2H3,(H,29,32)/t20-,26+/m0/s1. The minimum atomic E-state index is -0.286. The average Bonchev–Trinajstić information content (AvgIpc) is 2.88. The first-order chi connectivity index (χ1) is 16.1. The van der Waals surface area contributed by atoms with Crippen LogP contribution in [0.25, 0.3) is 22.5 Å². The van der Waals surface area contributed by atoms with E-state index in [9.17, 15) is 4.79 Å². The number of rotatable bonds is 8. The van der Waals surface area contributed by atoms with Gasteiger partial charge in [-0.25, -0.2) is 9.97 Å². The van der Waals surface area contributed by atoms with E-state index >= 15 is 0 Å². The Bertz CT molecular complexity index is 1130. The van der Waals surface area contributed by atoms with Crippen molar-refractivity contribution >= 4 is 17.7 Å². The Hall–Kier alpha value is -3.44. The second-order valence-electron chi connectivity index (χ2n) is 7.81. The molecule has 3 aromatic carbocycles. The molecular weight excluding hydrogens is 426 g/mol. The topological polar surface area (TPSA) is 54.9 Å². The zero-order chi connectivity index (χ0) is 23.0. The Labute approximate surface area is 199 Å². The van der Waals surface area contributed by atoms with Crippen molar-refractivity contribution < 1.29 is 4.79 Å². The fourth-order valence-electron chi connectivity index (χ4n) is 3.57. The fraction of sp³-hybridized carbons (Fsp3) is 0.179. The number of thioether (sulfide) groups is 1. The summed E-state index contributed by atoms with van der Waals surface area (Å²) in [6.45, 7) is 4.02. The van der Waals surface area contributed by atoms with Crippen LogP contribution in [-0.4, -0.2) is 21.1 Å². The van der Waals surface area contributed by atoms with Gasteiger partial charge in [0.25, 0.3) is 0 Å². The lowest BCUT2D eigenvalue weighted by Crippen LogP contribution is -2.34. The molecule has 0 radical (unpaired) electrons. The van der Waals surface area contributed by atoms with Gasteiger partial charge in [-0.05, 0) is 25.0 Å². The molecule has 4 rings (SSSR count). The third-order valence-corrected chi connectivity index (χ3v) is 6.64. The second-order valence-corrected chi connectivity index (χ2v) is 8.98. The lowest BCUT2D eigenvalue weighted by Gasteiger charge is -2.19. The molecule has 1 aromatic heterocycles. The minimum absolute atomic E-state index is 0.00571. The Balaban J connectivity index is 1.60. The van der Waals surface area contributed by atoms with Crippen molar-refractivity contribution in [1.29, 1.82) is 0 Å². The minimum Gasteiger partial charge on any atom is -0.349 e. The van der Waals surface area contributed by atoms with Gasteiger partial charge in [-0.15, -0.1) is 0 Å². The molecule has 0 saturated heterocycles. The zero-order valence-electron chi connectivity index (χ0n) is 18.8. The number of aromatic nitrogens is 2. The van der Waals surface area contributed by atoms with Crippen LogP contribution in [0.15, 0.2) is 102 Å². The molecule has 1 amide bonds. The van der Waals surface area contributed by atoms with E-state index in [4.69, 9.17) is 9.97 Å². The summed E-state index contributed by atoms with van der Waals surface area (Å²) in [7, 11) is 0. The first kappa shape index (κ1) is 22.7. The van der Waals surface area contributed by atoms with E-state index < -0.39 is 0 Å². The molecule has 5 heteroatoms. The van der Waals surface area contributed by atoms with Gasteiger partial charge in [0.2, 0.25) is 5.91 Å². The molecule has 0 fully saturated rings. The largest absolute Gasteiger partial charge is 0.349 e. The lowest BCUT2D eigenvalue weighted by atomic mass is 10.1. The highest BCUT2D eigenvalue weighted by Crippen LogP contribution is 2.30. The van der Waals surface area contributed by atoms with Crippen LogP contribution in [0.1, 0.15) is 31.9 Å². The van der Waals surface area contributed by atoms with E-state index in [2.05, 4.69) is 5.32 Å². The number of carbonyl (C=O) groups excluding carboxylic acids is 1. The Morgan fingerprint density at radius 2 is 1.30 bits per heavy atom. The van der Waals surface area contributed by atoms with Crippen molar-refractivity contribution in [3.8, 4) is 22.5 Å². The first-order valence-electron chi connectivity index (χ1n) is 11.2. The van der Waals surface area contributed by atoms with Crippen molar-refractivity contribution in [3.05, 3.63) is 103 Å². The van der Waals surface area contributed by atoms with Gasteiger partial charge >= 0.3 is 0 Å². The van der Waals surface area contributed by atoms with E-state index in [-0.39, 0.29) is 17.2 Å². The van der Waals surface area contributed by atoms with Crippen molar-refractivity contribution in [3.63, 3.8) is 0 Å². The number of hydrogen-bond acceptors (Lipinski definition) is 4. The molecule has 166 valence electrons. The van der Waals surface area contributed by atoms with Gasteiger partial charge in [0, 0.05) is 11.1 Å². The summed E-state index contributed by atoms with van der Waals surface area (Å²) in [5.74, 6) is -0.00571. The maximum atomic E-state index is 13.1. The molecule has 4 nitrogen and oxygen atoms in total. The Kier molecular flexibility index (Phi) is 7.53. The van der Waals surface area contributed by atoms with Gasteiger partial charge in [0.05, 0.1) is 22.7 Å². The van der Waals surface area contributed by atoms with Crippen LogP contribution in [0.3, 0.4) is 0 Å². The zero-order valence-corrected chi connectivity index (χ0v) is 19.6. The normalized spacial score (nSPS) is 12.7. The number of amides is 1. The number of carbonyl (C=O) groups is 1. The summed E-state index contributed by atoms with van der Waals surface area (Å²) < 4.78 is 0. The van der Waals surface area contributed by atoms with Gasteiger partial charge < -0.3 is 5.32 Å². The van der Waals surface area contributed by atoms with Crippen molar-refractivity contribution in [2.24, 2.45) is 0 Å². The number of hydrogen-bond donors (Lipinski definition) is 1. The van der Waals surface area contributed by atoms with Crippen LogP contribution >= 0.6 is 11.8 Å². The van der Waals surface area contributed by atoms with Gasteiger partial charge in [0.1, 0.15) is 0 Å². The number of nitrogens with zero attached hydrogens (tertiary/aromatic N) is 2. The highest BCUT2D eigenvalue weighted by Gasteiger charge is 2.22. The molecule has 2 atom stereocenters. The lowest BCUT2D eigenvalue weighted by molar-refractivity contribution is -0.121. The summed E-state index contributed by atoms with van der Waals surface area (Å²) in [6.07, 6.45) is 0.678. The third-order valence-electron chi connectivity index (χ3n) is 5.41. The molecule has 0 unspecified atom stereocenters. The Morgan fingerprint density at radius 3 is 1.79 bits per heavy atom. The number of benzene rings is 3. The van der Waals surface area contributed by atoms with Crippen LogP contribution in [0.2, 0.25) is 0 Å².